The normalized spacial score (nSPS) is 11.0. The van der Waals surface area contributed by atoms with Crippen molar-refractivity contribution in [3.05, 3.63) is 43.3 Å². The fourth-order valence-corrected chi connectivity index (χ4v) is 2.26. The average molecular weight is 316 g/mol. The van der Waals surface area contributed by atoms with Crippen molar-refractivity contribution in [2.45, 2.75) is 19.9 Å². The fourth-order valence-electron chi connectivity index (χ4n) is 2.26. The molecule has 3 rings (SSSR count). The van der Waals surface area contributed by atoms with E-state index in [0.717, 1.165) is 10.9 Å². The molecule has 0 saturated carbocycles. The molecule has 3 N–H and O–H groups in total. The number of nitrogens with one attached hydrogen (secondary N) is 3. The summed E-state index contributed by atoms with van der Waals surface area (Å²) in [6.07, 6.45) is 6.47. The number of pyridine rings is 1. The molecule has 122 valence electrons. The van der Waals surface area contributed by atoms with Crippen LogP contribution in [0.4, 0.5) is 16.2 Å². The fraction of sp³-hybridized carbons (Fsp3) is 0.188. The predicted octanol–water partition coefficient (Wildman–Crippen LogP) is 4.03. The van der Waals surface area contributed by atoms with E-state index < -0.39 is 5.82 Å². The molecule has 0 unspecified atom stereocenters. The second kappa shape index (κ2) is 6.04. The number of hydrogen-bond donors (Lipinski definition) is 3. The Labute approximate surface area is 135 Å². The van der Waals surface area contributed by atoms with Gasteiger partial charge in [0, 0.05) is 44.0 Å². The Morgan fingerprint density at radius 3 is 2.87 bits per heavy atom. The second-order valence-electron chi connectivity index (χ2n) is 5.36. The first-order chi connectivity index (χ1) is 11.1. The molecule has 3 heterocycles. The third kappa shape index (κ3) is 2.98. The summed E-state index contributed by atoms with van der Waals surface area (Å²) in [5, 5.41) is 6.60. The Balaban J connectivity index is 0.00000156. The molecule has 23 heavy (non-hydrogen) atoms. The van der Waals surface area contributed by atoms with Gasteiger partial charge in [0.1, 0.15) is 5.65 Å². The minimum atomic E-state index is -0.448. The summed E-state index contributed by atoms with van der Waals surface area (Å²) in [6.45, 7) is 7.52. The average Bonchev–Trinajstić information content (AvgIpc) is 2.92. The van der Waals surface area contributed by atoms with Gasteiger partial charge in [0.15, 0.2) is 11.6 Å². The summed E-state index contributed by atoms with van der Waals surface area (Å²) in [5.41, 5.74) is 2.14. The summed E-state index contributed by atoms with van der Waals surface area (Å²) in [7, 11) is 0. The van der Waals surface area contributed by atoms with Crippen molar-refractivity contribution in [1.29, 1.82) is 0 Å². The highest BCUT2D eigenvalue weighted by Gasteiger charge is 2.12. The standard InChI is InChI=1S/C16H17FN6.2H2/c1-4-18-15-13(17)5-10(6-19-15)11-7-20-14-12(11)8-21-16(23-14)22-9(2)3;;/h4-9H,1H2,2-3H3,(H,18,19)(H2,20,21,22,23);2*1H. The van der Waals surface area contributed by atoms with Crippen LogP contribution >= 0.6 is 0 Å². The predicted molar refractivity (Wildman–Crippen MR) is 93.9 cm³/mol. The number of anilines is 2. The first-order valence-electron chi connectivity index (χ1n) is 7.22. The number of halogens is 1. The topological polar surface area (TPSA) is 78.5 Å². The lowest BCUT2D eigenvalue weighted by atomic mass is 10.1. The van der Waals surface area contributed by atoms with Crippen molar-refractivity contribution in [3.8, 4) is 11.1 Å². The molecule has 0 amide bonds. The van der Waals surface area contributed by atoms with E-state index in [1.54, 1.807) is 18.6 Å². The summed E-state index contributed by atoms with van der Waals surface area (Å²) in [5.74, 6) is 0.245. The van der Waals surface area contributed by atoms with E-state index in [9.17, 15) is 4.39 Å². The van der Waals surface area contributed by atoms with E-state index in [1.165, 1.54) is 12.3 Å². The van der Waals surface area contributed by atoms with Gasteiger partial charge in [0.2, 0.25) is 5.95 Å². The third-order valence-corrected chi connectivity index (χ3v) is 3.24. The zero-order chi connectivity index (χ0) is 16.4. The van der Waals surface area contributed by atoms with Crippen LogP contribution in [0.25, 0.3) is 22.2 Å². The van der Waals surface area contributed by atoms with E-state index in [2.05, 4.69) is 37.1 Å². The zero-order valence-electron chi connectivity index (χ0n) is 12.9. The van der Waals surface area contributed by atoms with Crippen LogP contribution in [0.1, 0.15) is 16.7 Å². The van der Waals surface area contributed by atoms with Gasteiger partial charge < -0.3 is 15.6 Å². The number of aromatic nitrogens is 4. The Morgan fingerprint density at radius 1 is 1.35 bits per heavy atom. The van der Waals surface area contributed by atoms with Crippen LogP contribution < -0.4 is 10.6 Å². The van der Waals surface area contributed by atoms with Gasteiger partial charge in [-0.2, -0.15) is 4.98 Å². The van der Waals surface area contributed by atoms with E-state index in [-0.39, 0.29) is 14.7 Å². The molecule has 6 nitrogen and oxygen atoms in total. The highest BCUT2D eigenvalue weighted by Crippen LogP contribution is 2.29. The second-order valence-corrected chi connectivity index (χ2v) is 5.36. The molecular weight excluding hydrogens is 295 g/mol. The summed E-state index contributed by atoms with van der Waals surface area (Å²) >= 11 is 0. The number of fused-ring (bicyclic) bond motifs is 1. The van der Waals surface area contributed by atoms with E-state index in [0.29, 0.717) is 17.2 Å². The van der Waals surface area contributed by atoms with Crippen molar-refractivity contribution in [1.82, 2.24) is 19.9 Å². The van der Waals surface area contributed by atoms with Gasteiger partial charge in [-0.15, -0.1) is 0 Å². The van der Waals surface area contributed by atoms with Gasteiger partial charge in [-0.25, -0.2) is 14.4 Å². The minimum Gasteiger partial charge on any atom is -0.352 e. The van der Waals surface area contributed by atoms with Crippen LogP contribution in [0.3, 0.4) is 0 Å². The van der Waals surface area contributed by atoms with Crippen LogP contribution in [0, 0.1) is 5.82 Å². The van der Waals surface area contributed by atoms with Gasteiger partial charge in [0.25, 0.3) is 0 Å². The highest BCUT2D eigenvalue weighted by molar-refractivity contribution is 5.93. The smallest absolute Gasteiger partial charge is 0.224 e. The molecule has 0 aliphatic carbocycles. The van der Waals surface area contributed by atoms with Crippen molar-refractivity contribution >= 4 is 22.8 Å². The molecule has 0 aromatic carbocycles. The maximum atomic E-state index is 14.0. The van der Waals surface area contributed by atoms with E-state index >= 15 is 0 Å². The quantitative estimate of drug-likeness (QED) is 0.662. The zero-order valence-corrected chi connectivity index (χ0v) is 12.9. The first kappa shape index (κ1) is 15.0. The van der Waals surface area contributed by atoms with Crippen molar-refractivity contribution in [2.75, 3.05) is 10.6 Å². The van der Waals surface area contributed by atoms with E-state index in [1.807, 2.05) is 13.8 Å². The molecule has 0 atom stereocenters. The Bertz CT molecular complexity index is 865. The maximum Gasteiger partial charge on any atom is 0.224 e. The Kier molecular flexibility index (Phi) is 3.92. The number of H-pyrrole nitrogens is 1. The lowest BCUT2D eigenvalue weighted by Crippen LogP contribution is -2.12. The molecule has 0 aliphatic heterocycles. The van der Waals surface area contributed by atoms with Gasteiger partial charge in [-0.3, -0.25) is 0 Å². The van der Waals surface area contributed by atoms with Crippen LogP contribution in [0.5, 0.6) is 0 Å². The van der Waals surface area contributed by atoms with Crippen LogP contribution in [-0.4, -0.2) is 26.0 Å². The summed E-state index contributed by atoms with van der Waals surface area (Å²) < 4.78 is 14.0. The number of hydrogen-bond acceptors (Lipinski definition) is 5. The first-order valence-corrected chi connectivity index (χ1v) is 7.22. The van der Waals surface area contributed by atoms with Gasteiger partial charge in [-0.05, 0) is 26.1 Å². The third-order valence-electron chi connectivity index (χ3n) is 3.24. The number of aromatic amines is 1. The SMILES string of the molecule is C=CNc1ncc(-c2c[nH]c3nc(NC(C)C)ncc23)cc1F.[HH].[HH]. The molecule has 0 bridgehead atoms. The molecule has 7 heteroatoms. The minimum absolute atomic E-state index is 0. The molecule has 0 saturated heterocycles. The van der Waals surface area contributed by atoms with Crippen LogP contribution in [-0.2, 0) is 0 Å². The summed E-state index contributed by atoms with van der Waals surface area (Å²) in [4.78, 5) is 15.9. The molecular formula is C16H21FN6. The van der Waals surface area contributed by atoms with E-state index in [4.69, 9.17) is 0 Å². The highest BCUT2D eigenvalue weighted by atomic mass is 19.1. The molecule has 3 aromatic heterocycles. The van der Waals surface area contributed by atoms with Gasteiger partial charge in [0.05, 0.1) is 0 Å². The lowest BCUT2D eigenvalue weighted by molar-refractivity contribution is 0.627. The van der Waals surface area contributed by atoms with Crippen molar-refractivity contribution in [3.63, 3.8) is 0 Å². The maximum absolute atomic E-state index is 14.0. The molecule has 0 fully saturated rings. The monoisotopic (exact) mass is 316 g/mol. The summed E-state index contributed by atoms with van der Waals surface area (Å²) in [6, 6.07) is 1.66. The van der Waals surface area contributed by atoms with Crippen molar-refractivity contribution in [2.24, 2.45) is 0 Å². The number of nitrogens with zero attached hydrogens (tertiary/aromatic N) is 3. The van der Waals surface area contributed by atoms with Crippen LogP contribution in [0.15, 0.2) is 37.4 Å². The number of rotatable bonds is 5. The Morgan fingerprint density at radius 2 is 2.17 bits per heavy atom. The molecule has 0 aliphatic rings. The van der Waals surface area contributed by atoms with Crippen molar-refractivity contribution < 1.29 is 7.24 Å². The van der Waals surface area contributed by atoms with Gasteiger partial charge >= 0.3 is 0 Å². The largest absolute Gasteiger partial charge is 0.352 e. The lowest BCUT2D eigenvalue weighted by Gasteiger charge is -2.07. The molecule has 0 spiro atoms. The molecule has 0 radical (unpaired) electrons. The van der Waals surface area contributed by atoms with Gasteiger partial charge in [-0.1, -0.05) is 6.58 Å². The molecule has 3 aromatic rings. The van der Waals surface area contributed by atoms with Crippen LogP contribution in [0.2, 0.25) is 0 Å². The Hall–Kier alpha value is -2.96.